The van der Waals surface area contributed by atoms with Gasteiger partial charge in [-0.1, -0.05) is 39.0 Å². The van der Waals surface area contributed by atoms with Crippen LogP contribution in [-0.4, -0.2) is 11.1 Å². The van der Waals surface area contributed by atoms with E-state index in [1.807, 2.05) is 12.1 Å². The Hall–Kier alpha value is -2.36. The van der Waals surface area contributed by atoms with E-state index in [1.165, 1.54) is 16.7 Å². The summed E-state index contributed by atoms with van der Waals surface area (Å²) in [7, 11) is 0. The Morgan fingerprint density at radius 3 is 2.74 bits per heavy atom. The summed E-state index contributed by atoms with van der Waals surface area (Å²) in [6.07, 6.45) is 2.69. The smallest absolute Gasteiger partial charge is 0.413 e. The van der Waals surface area contributed by atoms with E-state index in [-0.39, 0.29) is 5.41 Å². The van der Waals surface area contributed by atoms with E-state index in [9.17, 15) is 4.79 Å². The van der Waals surface area contributed by atoms with Crippen molar-refractivity contribution in [1.82, 2.24) is 4.98 Å². The molecule has 4 rings (SSSR count). The minimum atomic E-state index is -0.620. The molecule has 2 aromatic rings. The van der Waals surface area contributed by atoms with Crippen LogP contribution >= 0.6 is 0 Å². The van der Waals surface area contributed by atoms with E-state index in [0.29, 0.717) is 18.7 Å². The maximum Gasteiger partial charge on any atom is 0.413 e. The van der Waals surface area contributed by atoms with Gasteiger partial charge >= 0.3 is 6.09 Å². The fourth-order valence-corrected chi connectivity index (χ4v) is 3.60. The van der Waals surface area contributed by atoms with Gasteiger partial charge in [-0.15, -0.1) is 0 Å². The molecular formula is C19H20N2O2. The molecule has 1 aromatic heterocycles. The van der Waals surface area contributed by atoms with E-state index in [1.54, 1.807) is 6.20 Å². The molecule has 0 saturated carbocycles. The number of pyridine rings is 1. The lowest BCUT2D eigenvalue weighted by Crippen LogP contribution is -2.40. The Balaban J connectivity index is 1.79. The molecule has 2 aliphatic rings. The quantitative estimate of drug-likeness (QED) is 0.802. The van der Waals surface area contributed by atoms with Gasteiger partial charge in [0.2, 0.25) is 0 Å². The second-order valence-corrected chi connectivity index (χ2v) is 7.50. The fourth-order valence-electron chi connectivity index (χ4n) is 3.60. The first-order valence-corrected chi connectivity index (χ1v) is 7.95. The van der Waals surface area contributed by atoms with Gasteiger partial charge < -0.3 is 4.74 Å². The van der Waals surface area contributed by atoms with Gasteiger partial charge in [0.1, 0.15) is 5.82 Å². The molecule has 0 saturated heterocycles. The number of hydrogen-bond acceptors (Lipinski definition) is 3. The van der Waals surface area contributed by atoms with Crippen LogP contribution in [0.2, 0.25) is 0 Å². The lowest BCUT2D eigenvalue weighted by atomic mass is 9.85. The van der Waals surface area contributed by atoms with Crippen LogP contribution < -0.4 is 5.32 Å². The molecule has 1 aromatic carbocycles. The van der Waals surface area contributed by atoms with Crippen molar-refractivity contribution in [1.29, 1.82) is 0 Å². The highest BCUT2D eigenvalue weighted by atomic mass is 16.6. The SMILES string of the molecule is CC(C)(C)c1ccc2c(c1)CC1(C2)OC(=O)Nc2ncccc21. The number of anilines is 1. The van der Waals surface area contributed by atoms with Crippen LogP contribution in [-0.2, 0) is 28.6 Å². The molecule has 0 fully saturated rings. The molecule has 1 spiro atoms. The zero-order valence-electron chi connectivity index (χ0n) is 13.6. The summed E-state index contributed by atoms with van der Waals surface area (Å²) < 4.78 is 5.78. The number of carbonyl (C=O) groups is 1. The van der Waals surface area contributed by atoms with Crippen LogP contribution in [0.3, 0.4) is 0 Å². The lowest BCUT2D eigenvalue weighted by molar-refractivity contribution is 0.0194. The molecule has 0 radical (unpaired) electrons. The van der Waals surface area contributed by atoms with Crippen molar-refractivity contribution in [3.63, 3.8) is 0 Å². The van der Waals surface area contributed by atoms with Crippen molar-refractivity contribution < 1.29 is 9.53 Å². The van der Waals surface area contributed by atoms with Crippen molar-refractivity contribution in [2.75, 3.05) is 5.32 Å². The topological polar surface area (TPSA) is 51.2 Å². The Kier molecular flexibility index (Phi) is 2.83. The van der Waals surface area contributed by atoms with Gasteiger partial charge in [0, 0.05) is 24.6 Å². The van der Waals surface area contributed by atoms with E-state index < -0.39 is 11.7 Å². The average molecular weight is 308 g/mol. The Morgan fingerprint density at radius 1 is 1.17 bits per heavy atom. The summed E-state index contributed by atoms with van der Waals surface area (Å²) in [6, 6.07) is 10.5. The molecule has 1 aliphatic carbocycles. The number of benzene rings is 1. The minimum absolute atomic E-state index is 0.106. The number of aromatic nitrogens is 1. The molecule has 4 nitrogen and oxygen atoms in total. The Bertz CT molecular complexity index is 807. The number of nitrogens with zero attached hydrogens (tertiary/aromatic N) is 1. The molecule has 0 bridgehead atoms. The van der Waals surface area contributed by atoms with Crippen LogP contribution in [0, 0.1) is 0 Å². The number of rotatable bonds is 0. The first-order valence-electron chi connectivity index (χ1n) is 7.95. The lowest BCUT2D eigenvalue weighted by Gasteiger charge is -2.34. The zero-order valence-corrected chi connectivity index (χ0v) is 13.6. The molecule has 1 N–H and O–H groups in total. The molecule has 4 heteroatoms. The number of hydrogen-bond donors (Lipinski definition) is 1. The highest BCUT2D eigenvalue weighted by molar-refractivity contribution is 5.87. The summed E-state index contributed by atoms with van der Waals surface area (Å²) in [4.78, 5) is 16.3. The molecular weight excluding hydrogens is 288 g/mol. The predicted molar refractivity (Wildman–Crippen MR) is 88.6 cm³/mol. The molecule has 2 heterocycles. The first-order chi connectivity index (χ1) is 10.9. The van der Waals surface area contributed by atoms with Crippen molar-refractivity contribution >= 4 is 11.9 Å². The predicted octanol–water partition coefficient (Wildman–Crippen LogP) is 3.94. The van der Waals surface area contributed by atoms with Crippen LogP contribution in [0.5, 0.6) is 0 Å². The number of nitrogens with one attached hydrogen (secondary N) is 1. The molecule has 118 valence electrons. The fraction of sp³-hybridized carbons (Fsp3) is 0.368. The third-order valence-corrected chi connectivity index (χ3v) is 4.83. The zero-order chi connectivity index (χ0) is 16.2. The average Bonchev–Trinajstić information content (AvgIpc) is 2.83. The largest absolute Gasteiger partial charge is 0.437 e. The number of ether oxygens (including phenoxy) is 1. The maximum atomic E-state index is 12.0. The van der Waals surface area contributed by atoms with Crippen LogP contribution in [0.4, 0.5) is 10.6 Å². The molecule has 1 aliphatic heterocycles. The highest BCUT2D eigenvalue weighted by Gasteiger charge is 2.47. The van der Waals surface area contributed by atoms with Crippen molar-refractivity contribution in [2.24, 2.45) is 0 Å². The molecule has 1 atom stereocenters. The van der Waals surface area contributed by atoms with Gasteiger partial charge in [-0.3, -0.25) is 5.32 Å². The van der Waals surface area contributed by atoms with Crippen molar-refractivity contribution in [2.45, 2.75) is 44.6 Å². The Labute approximate surface area is 135 Å². The second-order valence-electron chi connectivity index (χ2n) is 7.50. The third-order valence-electron chi connectivity index (χ3n) is 4.83. The number of amides is 1. The third kappa shape index (κ3) is 2.21. The van der Waals surface area contributed by atoms with Crippen LogP contribution in [0.1, 0.15) is 43.0 Å². The number of carbonyl (C=O) groups excluding carboxylic acids is 1. The highest BCUT2D eigenvalue weighted by Crippen LogP contribution is 2.46. The normalized spacial score (nSPS) is 22.3. The summed E-state index contributed by atoms with van der Waals surface area (Å²) >= 11 is 0. The van der Waals surface area contributed by atoms with Crippen LogP contribution in [0.15, 0.2) is 36.5 Å². The summed E-state index contributed by atoms with van der Waals surface area (Å²) in [5, 5.41) is 2.70. The molecule has 23 heavy (non-hydrogen) atoms. The standard InChI is InChI=1S/C19H20N2O2/c1-18(2,3)14-7-6-12-10-19(11-13(12)9-14)15-5-4-8-20-16(15)21-17(22)23-19/h4-9H,10-11H2,1-3H3,(H,20,21,22). The van der Waals surface area contributed by atoms with E-state index >= 15 is 0 Å². The Morgan fingerprint density at radius 2 is 1.96 bits per heavy atom. The first kappa shape index (κ1) is 14.2. The van der Waals surface area contributed by atoms with Gasteiger partial charge in [0.05, 0.1) is 0 Å². The van der Waals surface area contributed by atoms with Gasteiger partial charge in [0.25, 0.3) is 0 Å². The van der Waals surface area contributed by atoms with Gasteiger partial charge in [-0.25, -0.2) is 9.78 Å². The molecule has 1 amide bonds. The van der Waals surface area contributed by atoms with Crippen molar-refractivity contribution in [3.05, 3.63) is 58.8 Å². The minimum Gasteiger partial charge on any atom is -0.437 e. The van der Waals surface area contributed by atoms with Gasteiger partial charge in [-0.2, -0.15) is 0 Å². The van der Waals surface area contributed by atoms with Gasteiger partial charge in [0.15, 0.2) is 5.60 Å². The van der Waals surface area contributed by atoms with Gasteiger partial charge in [-0.05, 0) is 34.2 Å². The monoisotopic (exact) mass is 308 g/mol. The van der Waals surface area contributed by atoms with E-state index in [4.69, 9.17) is 4.74 Å². The summed E-state index contributed by atoms with van der Waals surface area (Å²) in [5.74, 6) is 0.618. The summed E-state index contributed by atoms with van der Waals surface area (Å²) in [5.41, 5.74) is 4.28. The van der Waals surface area contributed by atoms with Crippen molar-refractivity contribution in [3.8, 4) is 0 Å². The second kappa shape index (κ2) is 4.57. The summed E-state index contributed by atoms with van der Waals surface area (Å²) in [6.45, 7) is 6.63. The van der Waals surface area contributed by atoms with E-state index in [2.05, 4.69) is 49.3 Å². The van der Waals surface area contributed by atoms with E-state index in [0.717, 1.165) is 5.56 Å². The molecule has 1 unspecified atom stereocenters. The maximum absolute atomic E-state index is 12.0. The van der Waals surface area contributed by atoms with Crippen LogP contribution in [0.25, 0.3) is 0 Å². The number of fused-ring (bicyclic) bond motifs is 3.